The predicted molar refractivity (Wildman–Crippen MR) is 120 cm³/mol. The second-order valence-corrected chi connectivity index (χ2v) is 7.84. The lowest BCUT2D eigenvalue weighted by Gasteiger charge is -2.27. The molecule has 1 amide bonds. The van der Waals surface area contributed by atoms with E-state index in [0.717, 1.165) is 25.7 Å². The molecule has 3 rings (SSSR count). The Hall–Kier alpha value is -2.43. The molecule has 1 heterocycles. The second-order valence-electron chi connectivity index (χ2n) is 7.84. The Morgan fingerprint density at radius 3 is 2.50 bits per heavy atom. The molecule has 0 saturated carbocycles. The summed E-state index contributed by atoms with van der Waals surface area (Å²) in [6.45, 7) is 4.32. The van der Waals surface area contributed by atoms with Crippen LogP contribution in [-0.4, -0.2) is 36.8 Å². The standard InChI is InChI=1S/C26H33NO3/c1-2-11-24(16-9-10-17-29-19-23-14-7-4-8-15-23)26(28)27-21-30-20-25(27)18-22-12-5-3-6-13-22/h3-10,12-15,24-25H,2,11,16-21H2,1H3/b10-9+/t24-,25+/m1/s1. The third-order valence-electron chi connectivity index (χ3n) is 5.48. The predicted octanol–water partition coefficient (Wildman–Crippen LogP) is 4.99. The van der Waals surface area contributed by atoms with Gasteiger partial charge in [0.25, 0.3) is 0 Å². The number of carbonyl (C=O) groups excluding carboxylic acids is 1. The molecule has 1 aliphatic heterocycles. The summed E-state index contributed by atoms with van der Waals surface area (Å²) in [7, 11) is 0. The first-order chi connectivity index (χ1) is 14.8. The van der Waals surface area contributed by atoms with Crippen molar-refractivity contribution in [2.45, 2.75) is 45.3 Å². The lowest BCUT2D eigenvalue weighted by molar-refractivity contribution is -0.137. The van der Waals surface area contributed by atoms with E-state index >= 15 is 0 Å². The average Bonchev–Trinajstić information content (AvgIpc) is 3.24. The van der Waals surface area contributed by atoms with Crippen molar-refractivity contribution in [2.75, 3.05) is 19.9 Å². The number of amides is 1. The molecule has 0 spiro atoms. The second kappa shape index (κ2) is 12.3. The van der Waals surface area contributed by atoms with Crippen LogP contribution in [0.15, 0.2) is 72.8 Å². The Labute approximate surface area is 180 Å². The Morgan fingerprint density at radius 2 is 1.80 bits per heavy atom. The Kier molecular flexibility index (Phi) is 9.13. The van der Waals surface area contributed by atoms with Crippen LogP contribution in [0.4, 0.5) is 0 Å². The third kappa shape index (κ3) is 6.82. The minimum Gasteiger partial charge on any atom is -0.373 e. The number of rotatable bonds is 11. The fraction of sp³-hybridized carbons (Fsp3) is 0.423. The number of allylic oxidation sites excluding steroid dienone is 1. The fourth-order valence-corrected chi connectivity index (χ4v) is 3.85. The van der Waals surface area contributed by atoms with Crippen molar-refractivity contribution in [3.05, 3.63) is 83.9 Å². The zero-order valence-corrected chi connectivity index (χ0v) is 17.9. The van der Waals surface area contributed by atoms with Gasteiger partial charge in [-0.3, -0.25) is 4.79 Å². The van der Waals surface area contributed by atoms with Crippen LogP contribution in [-0.2, 0) is 27.3 Å². The van der Waals surface area contributed by atoms with Crippen molar-refractivity contribution in [1.82, 2.24) is 4.90 Å². The van der Waals surface area contributed by atoms with E-state index in [1.54, 1.807) is 0 Å². The van der Waals surface area contributed by atoms with E-state index in [0.29, 0.717) is 26.6 Å². The molecule has 0 bridgehead atoms. The van der Waals surface area contributed by atoms with Crippen molar-refractivity contribution in [1.29, 1.82) is 0 Å². The zero-order chi connectivity index (χ0) is 21.0. The molecule has 0 radical (unpaired) electrons. The van der Waals surface area contributed by atoms with Gasteiger partial charge in [-0.25, -0.2) is 0 Å². The van der Waals surface area contributed by atoms with E-state index < -0.39 is 0 Å². The van der Waals surface area contributed by atoms with Crippen LogP contribution < -0.4 is 0 Å². The van der Waals surface area contributed by atoms with Crippen LogP contribution in [0.25, 0.3) is 0 Å². The molecule has 30 heavy (non-hydrogen) atoms. The van der Waals surface area contributed by atoms with Gasteiger partial charge in [0.2, 0.25) is 5.91 Å². The van der Waals surface area contributed by atoms with Crippen molar-refractivity contribution < 1.29 is 14.3 Å². The molecule has 0 N–H and O–H groups in total. The van der Waals surface area contributed by atoms with Gasteiger partial charge in [0.1, 0.15) is 6.73 Å². The highest BCUT2D eigenvalue weighted by Crippen LogP contribution is 2.22. The number of hydrogen-bond acceptors (Lipinski definition) is 3. The quantitative estimate of drug-likeness (QED) is 0.389. The van der Waals surface area contributed by atoms with E-state index in [1.807, 2.05) is 47.4 Å². The third-order valence-corrected chi connectivity index (χ3v) is 5.48. The van der Waals surface area contributed by atoms with Gasteiger partial charge in [0.05, 0.1) is 25.9 Å². The first-order valence-electron chi connectivity index (χ1n) is 11.0. The number of benzene rings is 2. The van der Waals surface area contributed by atoms with Gasteiger partial charge in [-0.1, -0.05) is 86.2 Å². The number of carbonyl (C=O) groups is 1. The zero-order valence-electron chi connectivity index (χ0n) is 17.9. The van der Waals surface area contributed by atoms with Crippen molar-refractivity contribution in [3.8, 4) is 0 Å². The molecule has 1 aliphatic rings. The van der Waals surface area contributed by atoms with Crippen LogP contribution in [0.3, 0.4) is 0 Å². The van der Waals surface area contributed by atoms with Gasteiger partial charge in [-0.2, -0.15) is 0 Å². The molecule has 0 unspecified atom stereocenters. The molecule has 1 fully saturated rings. The van der Waals surface area contributed by atoms with Crippen molar-refractivity contribution >= 4 is 5.91 Å². The van der Waals surface area contributed by atoms with Gasteiger partial charge in [-0.05, 0) is 30.4 Å². The first-order valence-corrected chi connectivity index (χ1v) is 11.0. The van der Waals surface area contributed by atoms with Gasteiger partial charge in [-0.15, -0.1) is 0 Å². The monoisotopic (exact) mass is 407 g/mol. The molecular weight excluding hydrogens is 374 g/mol. The summed E-state index contributed by atoms with van der Waals surface area (Å²) >= 11 is 0. The van der Waals surface area contributed by atoms with E-state index in [9.17, 15) is 4.79 Å². The maximum absolute atomic E-state index is 13.2. The maximum Gasteiger partial charge on any atom is 0.228 e. The maximum atomic E-state index is 13.2. The van der Waals surface area contributed by atoms with E-state index in [2.05, 4.69) is 37.3 Å². The summed E-state index contributed by atoms with van der Waals surface area (Å²) in [5, 5.41) is 0. The van der Waals surface area contributed by atoms with Crippen molar-refractivity contribution in [2.24, 2.45) is 5.92 Å². The molecule has 160 valence electrons. The number of hydrogen-bond donors (Lipinski definition) is 0. The lowest BCUT2D eigenvalue weighted by atomic mass is 9.96. The Morgan fingerprint density at radius 1 is 1.10 bits per heavy atom. The normalized spacial score (nSPS) is 17.5. The molecule has 0 aliphatic carbocycles. The number of ether oxygens (including phenoxy) is 2. The molecule has 1 saturated heterocycles. The highest BCUT2D eigenvalue weighted by molar-refractivity contribution is 5.79. The van der Waals surface area contributed by atoms with Crippen LogP contribution >= 0.6 is 0 Å². The van der Waals surface area contributed by atoms with Gasteiger partial charge < -0.3 is 14.4 Å². The molecular formula is C26H33NO3. The molecule has 4 heteroatoms. The molecule has 2 aromatic carbocycles. The summed E-state index contributed by atoms with van der Waals surface area (Å²) in [6, 6.07) is 20.6. The van der Waals surface area contributed by atoms with Crippen molar-refractivity contribution in [3.63, 3.8) is 0 Å². The fourth-order valence-electron chi connectivity index (χ4n) is 3.85. The summed E-state index contributed by atoms with van der Waals surface area (Å²) in [6.07, 6.45) is 7.59. The molecule has 2 atom stereocenters. The number of nitrogens with zero attached hydrogens (tertiary/aromatic N) is 1. The smallest absolute Gasteiger partial charge is 0.228 e. The molecule has 4 nitrogen and oxygen atoms in total. The summed E-state index contributed by atoms with van der Waals surface area (Å²) in [5.74, 6) is 0.213. The highest BCUT2D eigenvalue weighted by Gasteiger charge is 2.33. The largest absolute Gasteiger partial charge is 0.373 e. The SMILES string of the molecule is CCC[C@H](C/C=C/COCc1ccccc1)C(=O)N1COC[C@@H]1Cc1ccccc1. The minimum atomic E-state index is 0.000321. The average molecular weight is 408 g/mol. The van der Waals surface area contributed by atoms with Gasteiger partial charge in [0.15, 0.2) is 0 Å². The van der Waals surface area contributed by atoms with E-state index in [4.69, 9.17) is 9.47 Å². The Bertz CT molecular complexity index is 775. The van der Waals surface area contributed by atoms with Gasteiger partial charge in [0, 0.05) is 5.92 Å². The van der Waals surface area contributed by atoms with E-state index in [1.165, 1.54) is 11.1 Å². The minimum absolute atomic E-state index is 0.000321. The lowest BCUT2D eigenvalue weighted by Crippen LogP contribution is -2.41. The van der Waals surface area contributed by atoms with Crippen LogP contribution in [0.2, 0.25) is 0 Å². The molecule has 0 aromatic heterocycles. The molecule has 2 aromatic rings. The summed E-state index contributed by atoms with van der Waals surface area (Å²) < 4.78 is 11.4. The highest BCUT2D eigenvalue weighted by atomic mass is 16.5. The topological polar surface area (TPSA) is 38.8 Å². The Balaban J connectivity index is 1.48. The summed E-state index contributed by atoms with van der Waals surface area (Å²) in [5.41, 5.74) is 2.41. The summed E-state index contributed by atoms with van der Waals surface area (Å²) in [4.78, 5) is 15.2. The van der Waals surface area contributed by atoms with Gasteiger partial charge >= 0.3 is 0 Å². The first kappa shape index (κ1) is 22.3. The van der Waals surface area contributed by atoms with E-state index in [-0.39, 0.29) is 17.9 Å². The van der Waals surface area contributed by atoms with Crippen LogP contribution in [0, 0.1) is 5.92 Å². The van der Waals surface area contributed by atoms with Crippen LogP contribution in [0.5, 0.6) is 0 Å². The van der Waals surface area contributed by atoms with Crippen LogP contribution in [0.1, 0.15) is 37.3 Å².